The fourth-order valence-corrected chi connectivity index (χ4v) is 1.53. The first kappa shape index (κ1) is 8.94. The van der Waals surface area contributed by atoms with Crippen LogP contribution in [0.15, 0.2) is 18.2 Å². The molecule has 0 aliphatic carbocycles. The van der Waals surface area contributed by atoms with Gasteiger partial charge in [-0.25, -0.2) is 9.37 Å². The minimum absolute atomic E-state index is 0.272. The Morgan fingerprint density at radius 3 is 2.57 bits per heavy atom. The predicted octanol–water partition coefficient (Wildman–Crippen LogP) is 2.57. The van der Waals surface area contributed by atoms with Gasteiger partial charge < -0.3 is 5.73 Å². The van der Waals surface area contributed by atoms with Gasteiger partial charge in [0.25, 0.3) is 0 Å². The van der Waals surface area contributed by atoms with E-state index in [1.165, 1.54) is 12.1 Å². The van der Waals surface area contributed by atoms with E-state index in [1.54, 1.807) is 0 Å². The molecule has 0 unspecified atom stereocenters. The number of aromatic nitrogens is 1. The van der Waals surface area contributed by atoms with E-state index in [9.17, 15) is 4.39 Å². The van der Waals surface area contributed by atoms with Gasteiger partial charge in [-0.15, -0.1) is 0 Å². The van der Waals surface area contributed by atoms with E-state index in [1.807, 2.05) is 19.9 Å². The number of anilines is 1. The van der Waals surface area contributed by atoms with Gasteiger partial charge >= 0.3 is 0 Å². The number of halogens is 1. The molecule has 0 saturated carbocycles. The van der Waals surface area contributed by atoms with Crippen LogP contribution in [-0.4, -0.2) is 4.98 Å². The molecule has 72 valence electrons. The number of pyridine rings is 1. The maximum atomic E-state index is 13.0. The molecule has 3 heteroatoms. The smallest absolute Gasteiger partial charge is 0.127 e. The molecule has 0 spiro atoms. The zero-order chi connectivity index (χ0) is 10.3. The van der Waals surface area contributed by atoms with Crippen LogP contribution in [0.4, 0.5) is 10.2 Å². The van der Waals surface area contributed by atoms with Crippen molar-refractivity contribution in [3.05, 3.63) is 35.1 Å². The van der Waals surface area contributed by atoms with Crippen LogP contribution in [0.3, 0.4) is 0 Å². The standard InChI is InChI=1S/C11H11FN2/c1-6-3-8(12)5-10-9(6)4-7(2)11(13)14-10/h3-5H,1-2H3,(H2,13,14). The first-order valence-corrected chi connectivity index (χ1v) is 4.41. The minimum atomic E-state index is -0.272. The Bertz CT molecular complexity index is 506. The predicted molar refractivity (Wildman–Crippen MR) is 55.6 cm³/mol. The van der Waals surface area contributed by atoms with Crippen molar-refractivity contribution in [2.45, 2.75) is 13.8 Å². The highest BCUT2D eigenvalue weighted by molar-refractivity contribution is 5.84. The van der Waals surface area contributed by atoms with Gasteiger partial charge in [0.05, 0.1) is 5.52 Å². The molecule has 2 rings (SSSR count). The molecule has 0 fully saturated rings. The maximum Gasteiger partial charge on any atom is 0.127 e. The van der Waals surface area contributed by atoms with Crippen LogP contribution in [0.1, 0.15) is 11.1 Å². The second kappa shape index (κ2) is 2.94. The fourth-order valence-electron chi connectivity index (χ4n) is 1.53. The molecule has 0 amide bonds. The van der Waals surface area contributed by atoms with Crippen molar-refractivity contribution < 1.29 is 4.39 Å². The second-order valence-electron chi connectivity index (χ2n) is 3.48. The average molecular weight is 190 g/mol. The molecule has 0 radical (unpaired) electrons. The number of nitrogen functional groups attached to an aromatic ring is 1. The third-order valence-corrected chi connectivity index (χ3v) is 2.34. The van der Waals surface area contributed by atoms with Crippen molar-refractivity contribution in [3.63, 3.8) is 0 Å². The highest BCUT2D eigenvalue weighted by Crippen LogP contribution is 2.22. The van der Waals surface area contributed by atoms with Crippen LogP contribution in [0.5, 0.6) is 0 Å². The Morgan fingerprint density at radius 1 is 1.14 bits per heavy atom. The number of benzene rings is 1. The molecule has 2 nitrogen and oxygen atoms in total. The highest BCUT2D eigenvalue weighted by atomic mass is 19.1. The van der Waals surface area contributed by atoms with Crippen LogP contribution in [0.2, 0.25) is 0 Å². The number of rotatable bonds is 0. The summed E-state index contributed by atoms with van der Waals surface area (Å²) >= 11 is 0. The summed E-state index contributed by atoms with van der Waals surface area (Å²) < 4.78 is 13.0. The van der Waals surface area contributed by atoms with Crippen LogP contribution >= 0.6 is 0 Å². The van der Waals surface area contributed by atoms with Crippen LogP contribution in [0.25, 0.3) is 10.9 Å². The van der Waals surface area contributed by atoms with Gasteiger partial charge in [0.1, 0.15) is 11.6 Å². The molecule has 0 aliphatic rings. The Balaban J connectivity index is 2.89. The van der Waals surface area contributed by atoms with Crippen molar-refractivity contribution in [1.82, 2.24) is 4.98 Å². The Kier molecular flexibility index (Phi) is 1.88. The largest absolute Gasteiger partial charge is 0.383 e. The van der Waals surface area contributed by atoms with Crippen molar-refractivity contribution in [3.8, 4) is 0 Å². The number of nitrogens with two attached hydrogens (primary N) is 1. The summed E-state index contributed by atoms with van der Waals surface area (Å²) in [5.74, 6) is 0.188. The molecule has 0 saturated heterocycles. The molecule has 0 aliphatic heterocycles. The third-order valence-electron chi connectivity index (χ3n) is 2.34. The summed E-state index contributed by atoms with van der Waals surface area (Å²) in [4.78, 5) is 4.13. The summed E-state index contributed by atoms with van der Waals surface area (Å²) in [6.07, 6.45) is 0. The van der Waals surface area contributed by atoms with E-state index in [0.717, 1.165) is 16.5 Å². The molecule has 14 heavy (non-hydrogen) atoms. The molecular formula is C11H11FN2. The van der Waals surface area contributed by atoms with Gasteiger partial charge in [0.15, 0.2) is 0 Å². The van der Waals surface area contributed by atoms with Gasteiger partial charge in [-0.1, -0.05) is 0 Å². The Labute approximate surface area is 81.6 Å². The van der Waals surface area contributed by atoms with Gasteiger partial charge in [0.2, 0.25) is 0 Å². The monoisotopic (exact) mass is 190 g/mol. The number of hydrogen-bond donors (Lipinski definition) is 1. The van der Waals surface area contributed by atoms with Crippen LogP contribution in [0, 0.1) is 19.7 Å². The van der Waals surface area contributed by atoms with E-state index in [4.69, 9.17) is 5.73 Å². The average Bonchev–Trinajstić information content (AvgIpc) is 2.08. The molecule has 1 aromatic heterocycles. The summed E-state index contributed by atoms with van der Waals surface area (Å²) in [5.41, 5.74) is 8.08. The van der Waals surface area contributed by atoms with Crippen LogP contribution < -0.4 is 5.73 Å². The SMILES string of the molecule is Cc1cc2c(C)cc(F)cc2nc1N. The number of aryl methyl sites for hydroxylation is 2. The minimum Gasteiger partial charge on any atom is -0.383 e. The number of nitrogens with zero attached hydrogens (tertiary/aromatic N) is 1. The molecule has 1 aromatic carbocycles. The third kappa shape index (κ3) is 1.31. The Morgan fingerprint density at radius 2 is 1.86 bits per heavy atom. The van der Waals surface area contributed by atoms with Crippen LogP contribution in [-0.2, 0) is 0 Å². The molecule has 2 aromatic rings. The second-order valence-corrected chi connectivity index (χ2v) is 3.48. The lowest BCUT2D eigenvalue weighted by molar-refractivity contribution is 0.628. The van der Waals surface area contributed by atoms with Gasteiger partial charge in [-0.3, -0.25) is 0 Å². The highest BCUT2D eigenvalue weighted by Gasteiger charge is 2.04. The van der Waals surface area contributed by atoms with Gasteiger partial charge in [-0.05, 0) is 37.1 Å². The number of fused-ring (bicyclic) bond motifs is 1. The van der Waals surface area contributed by atoms with E-state index >= 15 is 0 Å². The lowest BCUT2D eigenvalue weighted by Crippen LogP contribution is -1.95. The maximum absolute atomic E-state index is 13.0. The summed E-state index contributed by atoms with van der Waals surface area (Å²) in [6, 6.07) is 4.84. The number of hydrogen-bond acceptors (Lipinski definition) is 2. The zero-order valence-electron chi connectivity index (χ0n) is 8.13. The molecule has 0 bridgehead atoms. The molecule has 0 atom stereocenters. The summed E-state index contributed by atoms with van der Waals surface area (Å²) in [5, 5.41) is 0.957. The quantitative estimate of drug-likeness (QED) is 0.693. The lowest BCUT2D eigenvalue weighted by atomic mass is 10.1. The van der Waals surface area contributed by atoms with E-state index in [-0.39, 0.29) is 5.82 Å². The van der Waals surface area contributed by atoms with Crippen molar-refractivity contribution in [1.29, 1.82) is 0 Å². The topological polar surface area (TPSA) is 38.9 Å². The van der Waals surface area contributed by atoms with E-state index < -0.39 is 0 Å². The first-order valence-electron chi connectivity index (χ1n) is 4.41. The van der Waals surface area contributed by atoms with Crippen molar-refractivity contribution in [2.75, 3.05) is 5.73 Å². The van der Waals surface area contributed by atoms with Gasteiger partial charge in [0, 0.05) is 11.5 Å². The van der Waals surface area contributed by atoms with Crippen molar-refractivity contribution in [2.24, 2.45) is 0 Å². The summed E-state index contributed by atoms with van der Waals surface area (Å²) in [6.45, 7) is 3.76. The lowest BCUT2D eigenvalue weighted by Gasteiger charge is -2.05. The Hall–Kier alpha value is -1.64. The molecule has 1 heterocycles. The zero-order valence-corrected chi connectivity index (χ0v) is 8.13. The normalized spacial score (nSPS) is 10.8. The van der Waals surface area contributed by atoms with E-state index in [0.29, 0.717) is 11.3 Å². The van der Waals surface area contributed by atoms with E-state index in [2.05, 4.69) is 4.98 Å². The molecular weight excluding hydrogens is 179 g/mol. The van der Waals surface area contributed by atoms with Crippen molar-refractivity contribution >= 4 is 16.7 Å². The first-order chi connectivity index (χ1) is 6.58. The van der Waals surface area contributed by atoms with Gasteiger partial charge in [-0.2, -0.15) is 0 Å². The fraction of sp³-hybridized carbons (Fsp3) is 0.182. The summed E-state index contributed by atoms with van der Waals surface area (Å²) in [7, 11) is 0. The molecule has 2 N–H and O–H groups in total.